The predicted molar refractivity (Wildman–Crippen MR) is 77.7 cm³/mol. The Bertz CT molecular complexity index is 672. The van der Waals surface area contributed by atoms with Crippen LogP contribution in [-0.4, -0.2) is 19.2 Å². The van der Waals surface area contributed by atoms with Crippen LogP contribution in [0.5, 0.6) is 5.75 Å². The molecule has 0 aliphatic heterocycles. The second-order valence-corrected chi connectivity index (χ2v) is 4.72. The highest BCUT2D eigenvalue weighted by Gasteiger charge is 2.17. The zero-order valence-electron chi connectivity index (χ0n) is 11.8. The maximum absolute atomic E-state index is 12.6. The number of hydrogen-bond donors (Lipinski definition) is 0. The molecule has 0 amide bonds. The molecule has 2 rings (SSSR count). The van der Waals surface area contributed by atoms with Crippen molar-refractivity contribution < 1.29 is 14.3 Å². The molecular formula is C17H16O3. The van der Waals surface area contributed by atoms with Gasteiger partial charge in [0.2, 0.25) is 0 Å². The molecule has 102 valence electrons. The van der Waals surface area contributed by atoms with Crippen LogP contribution in [0.15, 0.2) is 36.4 Å². The van der Waals surface area contributed by atoms with Gasteiger partial charge >= 0.3 is 0 Å². The first-order chi connectivity index (χ1) is 9.56. The lowest BCUT2D eigenvalue weighted by Gasteiger charge is -2.10. The molecule has 3 heteroatoms. The minimum atomic E-state index is -0.163. The van der Waals surface area contributed by atoms with Crippen LogP contribution in [0.25, 0.3) is 0 Å². The molecule has 0 radical (unpaired) electrons. The average molecular weight is 268 g/mol. The van der Waals surface area contributed by atoms with Crippen molar-refractivity contribution in [1.29, 1.82) is 0 Å². The van der Waals surface area contributed by atoms with E-state index in [0.717, 1.165) is 17.4 Å². The quantitative estimate of drug-likeness (QED) is 0.631. The molecule has 0 unspecified atom stereocenters. The normalized spacial score (nSPS) is 10.2. The number of hydrogen-bond acceptors (Lipinski definition) is 3. The number of ketones is 1. The van der Waals surface area contributed by atoms with Crippen molar-refractivity contribution in [3.8, 4) is 5.75 Å². The molecule has 0 atom stereocenters. The van der Waals surface area contributed by atoms with Crippen molar-refractivity contribution in [3.05, 3.63) is 64.2 Å². The highest BCUT2D eigenvalue weighted by atomic mass is 16.5. The van der Waals surface area contributed by atoms with Crippen molar-refractivity contribution >= 4 is 12.1 Å². The lowest BCUT2D eigenvalue weighted by molar-refractivity contribution is 0.102. The largest absolute Gasteiger partial charge is 0.497 e. The minimum Gasteiger partial charge on any atom is -0.497 e. The van der Waals surface area contributed by atoms with E-state index in [9.17, 15) is 9.59 Å². The third-order valence-corrected chi connectivity index (χ3v) is 3.20. The molecular weight excluding hydrogens is 252 g/mol. The third kappa shape index (κ3) is 2.62. The lowest BCUT2D eigenvalue weighted by Crippen LogP contribution is -2.08. The Morgan fingerprint density at radius 2 is 1.90 bits per heavy atom. The van der Waals surface area contributed by atoms with Crippen LogP contribution in [0.4, 0.5) is 0 Å². The first-order valence-electron chi connectivity index (χ1n) is 6.32. The molecule has 0 aliphatic rings. The Balaban J connectivity index is 2.55. The molecule has 0 aliphatic carbocycles. The molecule has 0 saturated heterocycles. The van der Waals surface area contributed by atoms with Crippen LogP contribution in [-0.2, 0) is 0 Å². The molecule has 0 aromatic heterocycles. The van der Waals surface area contributed by atoms with Gasteiger partial charge in [0.15, 0.2) is 12.1 Å². The number of carbonyl (C=O) groups excluding carboxylic acids is 2. The first kappa shape index (κ1) is 14.0. The van der Waals surface area contributed by atoms with Gasteiger partial charge in [-0.2, -0.15) is 0 Å². The molecule has 0 N–H and O–H groups in total. The molecule has 3 nitrogen and oxygen atoms in total. The predicted octanol–water partition coefficient (Wildman–Crippen LogP) is 3.36. The van der Waals surface area contributed by atoms with Gasteiger partial charge in [0.1, 0.15) is 5.75 Å². The van der Waals surface area contributed by atoms with Gasteiger partial charge in [0, 0.05) is 16.7 Å². The Kier molecular flexibility index (Phi) is 3.99. The zero-order valence-corrected chi connectivity index (χ0v) is 11.8. The van der Waals surface area contributed by atoms with E-state index < -0.39 is 0 Å². The first-order valence-corrected chi connectivity index (χ1v) is 6.32. The Morgan fingerprint density at radius 1 is 1.15 bits per heavy atom. The molecule has 0 spiro atoms. The van der Waals surface area contributed by atoms with Crippen LogP contribution < -0.4 is 4.74 Å². The summed E-state index contributed by atoms with van der Waals surface area (Å²) in [6.45, 7) is 3.74. The maximum atomic E-state index is 12.6. The van der Waals surface area contributed by atoms with Crippen LogP contribution in [0, 0.1) is 13.8 Å². The molecule has 20 heavy (non-hydrogen) atoms. The van der Waals surface area contributed by atoms with Gasteiger partial charge in [-0.3, -0.25) is 9.59 Å². The second-order valence-electron chi connectivity index (χ2n) is 4.72. The van der Waals surface area contributed by atoms with Gasteiger partial charge in [0.05, 0.1) is 7.11 Å². The highest BCUT2D eigenvalue weighted by molar-refractivity contribution is 6.13. The van der Waals surface area contributed by atoms with E-state index in [2.05, 4.69) is 0 Å². The van der Waals surface area contributed by atoms with E-state index in [4.69, 9.17) is 4.74 Å². The topological polar surface area (TPSA) is 43.4 Å². The number of aryl methyl sites for hydroxylation is 2. The number of carbonyl (C=O) groups is 2. The van der Waals surface area contributed by atoms with Crippen molar-refractivity contribution in [2.45, 2.75) is 13.8 Å². The van der Waals surface area contributed by atoms with Crippen LogP contribution in [0.3, 0.4) is 0 Å². The molecule has 2 aromatic carbocycles. The molecule has 0 heterocycles. The summed E-state index contributed by atoms with van der Waals surface area (Å²) in [7, 11) is 1.55. The van der Waals surface area contributed by atoms with E-state index in [1.807, 2.05) is 19.9 Å². The summed E-state index contributed by atoms with van der Waals surface area (Å²) in [5, 5.41) is 0. The van der Waals surface area contributed by atoms with Crippen LogP contribution in [0.1, 0.15) is 37.4 Å². The smallest absolute Gasteiger partial charge is 0.194 e. The van der Waals surface area contributed by atoms with E-state index in [-0.39, 0.29) is 5.78 Å². The van der Waals surface area contributed by atoms with E-state index in [1.165, 1.54) is 0 Å². The van der Waals surface area contributed by atoms with Gasteiger partial charge in [-0.15, -0.1) is 0 Å². The van der Waals surface area contributed by atoms with Crippen molar-refractivity contribution in [1.82, 2.24) is 0 Å². The van der Waals surface area contributed by atoms with E-state index in [0.29, 0.717) is 22.4 Å². The highest BCUT2D eigenvalue weighted by Crippen LogP contribution is 2.22. The molecule has 2 aromatic rings. The second kappa shape index (κ2) is 5.70. The van der Waals surface area contributed by atoms with Crippen molar-refractivity contribution in [2.24, 2.45) is 0 Å². The Morgan fingerprint density at radius 3 is 2.55 bits per heavy atom. The van der Waals surface area contributed by atoms with Crippen molar-refractivity contribution in [2.75, 3.05) is 7.11 Å². The lowest BCUT2D eigenvalue weighted by atomic mass is 9.93. The minimum absolute atomic E-state index is 0.163. The Hall–Kier alpha value is -2.42. The Labute approximate surface area is 118 Å². The fraction of sp³-hybridized carbons (Fsp3) is 0.176. The molecule has 0 fully saturated rings. The molecule has 0 saturated carbocycles. The van der Waals surface area contributed by atoms with Gasteiger partial charge in [0.25, 0.3) is 0 Å². The number of benzene rings is 2. The number of ether oxygens (including phenoxy) is 1. The zero-order chi connectivity index (χ0) is 14.7. The van der Waals surface area contributed by atoms with Crippen LogP contribution in [0.2, 0.25) is 0 Å². The van der Waals surface area contributed by atoms with E-state index in [1.54, 1.807) is 37.4 Å². The third-order valence-electron chi connectivity index (χ3n) is 3.20. The molecule has 0 bridgehead atoms. The van der Waals surface area contributed by atoms with Gasteiger partial charge in [-0.25, -0.2) is 0 Å². The summed E-state index contributed by atoms with van der Waals surface area (Å²) in [4.78, 5) is 23.8. The number of methoxy groups -OCH3 is 1. The fourth-order valence-electron chi connectivity index (χ4n) is 2.31. The fourth-order valence-corrected chi connectivity index (χ4v) is 2.31. The average Bonchev–Trinajstić information content (AvgIpc) is 2.45. The van der Waals surface area contributed by atoms with Crippen LogP contribution >= 0.6 is 0 Å². The monoisotopic (exact) mass is 268 g/mol. The van der Waals surface area contributed by atoms with Gasteiger partial charge in [-0.1, -0.05) is 23.8 Å². The summed E-state index contributed by atoms with van der Waals surface area (Å²) < 4.78 is 5.13. The standard InChI is InChI=1S/C17H16O3/c1-11-7-12(2)16(14(8-11)10-18)17(19)13-5-4-6-15(9-13)20-3/h4-10H,1-3H3. The summed E-state index contributed by atoms with van der Waals surface area (Å²) >= 11 is 0. The SMILES string of the molecule is COc1cccc(C(=O)c2c(C)cc(C)cc2C=O)c1. The van der Waals surface area contributed by atoms with Crippen molar-refractivity contribution in [3.63, 3.8) is 0 Å². The van der Waals surface area contributed by atoms with Gasteiger partial charge in [-0.05, 0) is 37.6 Å². The number of aldehydes is 1. The number of rotatable bonds is 4. The summed E-state index contributed by atoms with van der Waals surface area (Å²) in [5.41, 5.74) is 3.17. The van der Waals surface area contributed by atoms with E-state index >= 15 is 0 Å². The van der Waals surface area contributed by atoms with Gasteiger partial charge < -0.3 is 4.74 Å². The summed E-state index contributed by atoms with van der Waals surface area (Å²) in [6.07, 6.45) is 0.730. The summed E-state index contributed by atoms with van der Waals surface area (Å²) in [6, 6.07) is 10.6. The summed E-state index contributed by atoms with van der Waals surface area (Å²) in [5.74, 6) is 0.455. The maximum Gasteiger partial charge on any atom is 0.194 e.